The van der Waals surface area contributed by atoms with E-state index in [2.05, 4.69) is 50.0 Å². The summed E-state index contributed by atoms with van der Waals surface area (Å²) in [7, 11) is 1.61. The fourth-order valence-electron chi connectivity index (χ4n) is 3.27. The van der Waals surface area contributed by atoms with Gasteiger partial charge in [0.2, 0.25) is 0 Å². The van der Waals surface area contributed by atoms with E-state index in [0.29, 0.717) is 30.0 Å². The van der Waals surface area contributed by atoms with Gasteiger partial charge in [-0.25, -0.2) is 4.39 Å². The molecular formula is C26H28FNO2. The van der Waals surface area contributed by atoms with Crippen LogP contribution in [0.1, 0.15) is 27.8 Å². The minimum Gasteiger partial charge on any atom is -0.493 e. The third-order valence-electron chi connectivity index (χ3n) is 5.11. The van der Waals surface area contributed by atoms with Gasteiger partial charge in [0.05, 0.1) is 7.11 Å². The number of halogens is 1. The average Bonchev–Trinajstić information content (AvgIpc) is 2.74. The average molecular weight is 406 g/mol. The van der Waals surface area contributed by atoms with Crippen molar-refractivity contribution in [2.45, 2.75) is 33.4 Å². The first-order valence-corrected chi connectivity index (χ1v) is 9.99. The molecule has 0 saturated heterocycles. The van der Waals surface area contributed by atoms with Gasteiger partial charge in [-0.1, -0.05) is 30.3 Å². The highest BCUT2D eigenvalue weighted by molar-refractivity contribution is 5.53. The van der Waals surface area contributed by atoms with E-state index >= 15 is 0 Å². The number of methoxy groups -OCH3 is 1. The van der Waals surface area contributed by atoms with Crippen LogP contribution in [0, 0.1) is 19.7 Å². The van der Waals surface area contributed by atoms with Crippen LogP contribution in [0.25, 0.3) is 0 Å². The van der Waals surface area contributed by atoms with Crippen LogP contribution < -0.4 is 14.8 Å². The summed E-state index contributed by atoms with van der Waals surface area (Å²) in [5.74, 6) is 0.967. The molecule has 3 aromatic carbocycles. The highest BCUT2D eigenvalue weighted by Crippen LogP contribution is 2.34. The number of ether oxygens (including phenoxy) is 2. The molecule has 30 heavy (non-hydrogen) atoms. The van der Waals surface area contributed by atoms with Gasteiger partial charge >= 0.3 is 0 Å². The van der Waals surface area contributed by atoms with Gasteiger partial charge in [0, 0.05) is 23.4 Å². The lowest BCUT2D eigenvalue weighted by Gasteiger charge is -2.17. The van der Waals surface area contributed by atoms with Gasteiger partial charge in [0.15, 0.2) is 11.5 Å². The normalized spacial score (nSPS) is 10.5. The number of rotatable bonds is 9. The molecule has 3 rings (SSSR count). The largest absolute Gasteiger partial charge is 0.493 e. The molecule has 0 unspecified atom stereocenters. The number of nitrogens with one attached hydrogen (secondary N) is 1. The number of hydrogen-bond acceptors (Lipinski definition) is 3. The maximum absolute atomic E-state index is 14.0. The first-order chi connectivity index (χ1) is 14.5. The summed E-state index contributed by atoms with van der Waals surface area (Å²) >= 11 is 0. The van der Waals surface area contributed by atoms with Crippen LogP contribution in [0.4, 0.5) is 10.1 Å². The molecule has 0 aliphatic heterocycles. The van der Waals surface area contributed by atoms with Gasteiger partial charge in [-0.15, -0.1) is 6.58 Å². The van der Waals surface area contributed by atoms with E-state index in [9.17, 15) is 4.39 Å². The minimum atomic E-state index is -0.282. The van der Waals surface area contributed by atoms with Gasteiger partial charge in [-0.3, -0.25) is 0 Å². The smallest absolute Gasteiger partial charge is 0.165 e. The van der Waals surface area contributed by atoms with Crippen LogP contribution in [-0.4, -0.2) is 7.11 Å². The lowest BCUT2D eigenvalue weighted by Crippen LogP contribution is -2.05. The molecule has 0 amide bonds. The third kappa shape index (κ3) is 5.20. The minimum absolute atomic E-state index is 0.132. The molecule has 4 heteroatoms. The second kappa shape index (κ2) is 9.97. The predicted octanol–water partition coefficient (Wildman–Crippen LogP) is 6.37. The van der Waals surface area contributed by atoms with Crippen molar-refractivity contribution in [1.29, 1.82) is 0 Å². The van der Waals surface area contributed by atoms with Gasteiger partial charge in [0.25, 0.3) is 0 Å². The molecule has 3 aromatic rings. The van der Waals surface area contributed by atoms with Crippen molar-refractivity contribution in [3.8, 4) is 11.5 Å². The van der Waals surface area contributed by atoms with Gasteiger partial charge in [-0.2, -0.15) is 0 Å². The highest BCUT2D eigenvalue weighted by atomic mass is 19.1. The van der Waals surface area contributed by atoms with Crippen LogP contribution in [0.5, 0.6) is 11.5 Å². The van der Waals surface area contributed by atoms with Crippen molar-refractivity contribution < 1.29 is 13.9 Å². The standard InChI is InChI=1S/C26H28FNO2/c1-5-8-21-14-20(16-28-23-12-11-18(2)19(3)13-23)15-25(29-4)26(21)30-17-22-9-6-7-10-24(22)27/h5-7,9-15,28H,1,8,16-17H2,2-4H3. The van der Waals surface area contributed by atoms with Gasteiger partial charge < -0.3 is 14.8 Å². The Labute approximate surface area is 178 Å². The summed E-state index contributed by atoms with van der Waals surface area (Å²) in [5.41, 5.74) is 6.12. The molecule has 0 fully saturated rings. The maximum atomic E-state index is 14.0. The van der Waals surface area contributed by atoms with Gasteiger partial charge in [0.1, 0.15) is 12.4 Å². The van der Waals surface area contributed by atoms with Crippen molar-refractivity contribution in [3.05, 3.63) is 101 Å². The van der Waals surface area contributed by atoms with E-state index in [1.165, 1.54) is 17.2 Å². The molecule has 0 spiro atoms. The number of aryl methyl sites for hydroxylation is 2. The van der Waals surface area contributed by atoms with Crippen LogP contribution >= 0.6 is 0 Å². The molecule has 0 saturated carbocycles. The Morgan fingerprint density at radius 3 is 2.50 bits per heavy atom. The second-order valence-electron chi connectivity index (χ2n) is 7.31. The van der Waals surface area contributed by atoms with Crippen LogP contribution in [0.15, 0.2) is 67.3 Å². The molecule has 1 N–H and O–H groups in total. The molecule has 0 aliphatic carbocycles. The summed E-state index contributed by atoms with van der Waals surface area (Å²) in [6.07, 6.45) is 2.45. The van der Waals surface area contributed by atoms with E-state index in [0.717, 1.165) is 16.8 Å². The van der Waals surface area contributed by atoms with E-state index in [1.54, 1.807) is 25.3 Å². The van der Waals surface area contributed by atoms with Crippen LogP contribution in [0.2, 0.25) is 0 Å². The molecule has 156 valence electrons. The first kappa shape index (κ1) is 21.4. The topological polar surface area (TPSA) is 30.5 Å². The molecule has 0 bridgehead atoms. The van der Waals surface area contributed by atoms with Crippen molar-refractivity contribution in [1.82, 2.24) is 0 Å². The molecule has 3 nitrogen and oxygen atoms in total. The Hall–Kier alpha value is -3.27. The Kier molecular flexibility index (Phi) is 7.12. The quantitative estimate of drug-likeness (QED) is 0.420. The zero-order valence-corrected chi connectivity index (χ0v) is 17.8. The zero-order chi connectivity index (χ0) is 21.5. The molecule has 0 aromatic heterocycles. The first-order valence-electron chi connectivity index (χ1n) is 9.99. The lowest BCUT2D eigenvalue weighted by molar-refractivity contribution is 0.277. The van der Waals surface area contributed by atoms with Crippen LogP contribution in [0.3, 0.4) is 0 Å². The number of hydrogen-bond donors (Lipinski definition) is 1. The SMILES string of the molecule is C=CCc1cc(CNc2ccc(C)c(C)c2)cc(OC)c1OCc1ccccc1F. The second-order valence-corrected chi connectivity index (χ2v) is 7.31. The van der Waals surface area contributed by atoms with E-state index in [1.807, 2.05) is 12.1 Å². The van der Waals surface area contributed by atoms with E-state index < -0.39 is 0 Å². The Balaban J connectivity index is 1.82. The molecule has 0 aliphatic rings. The van der Waals surface area contributed by atoms with E-state index in [4.69, 9.17) is 9.47 Å². The molecule has 0 heterocycles. The maximum Gasteiger partial charge on any atom is 0.165 e. The summed E-state index contributed by atoms with van der Waals surface area (Å²) in [6, 6.07) is 17.0. The lowest BCUT2D eigenvalue weighted by atomic mass is 10.0. The molecular weight excluding hydrogens is 377 g/mol. The Bertz CT molecular complexity index is 1030. The zero-order valence-electron chi connectivity index (χ0n) is 17.8. The van der Waals surface area contributed by atoms with Crippen molar-refractivity contribution >= 4 is 5.69 Å². The monoisotopic (exact) mass is 405 g/mol. The van der Waals surface area contributed by atoms with Crippen LogP contribution in [-0.2, 0) is 19.6 Å². The van der Waals surface area contributed by atoms with Crippen molar-refractivity contribution in [2.24, 2.45) is 0 Å². The molecule has 0 radical (unpaired) electrons. The summed E-state index contributed by atoms with van der Waals surface area (Å²) in [6.45, 7) is 8.84. The van der Waals surface area contributed by atoms with E-state index in [-0.39, 0.29) is 12.4 Å². The number of benzene rings is 3. The van der Waals surface area contributed by atoms with Crippen molar-refractivity contribution in [3.63, 3.8) is 0 Å². The highest BCUT2D eigenvalue weighted by Gasteiger charge is 2.14. The number of allylic oxidation sites excluding steroid dienone is 1. The summed E-state index contributed by atoms with van der Waals surface area (Å²) in [5, 5.41) is 3.46. The predicted molar refractivity (Wildman–Crippen MR) is 121 cm³/mol. The summed E-state index contributed by atoms with van der Waals surface area (Å²) < 4.78 is 25.6. The fourth-order valence-corrected chi connectivity index (χ4v) is 3.27. The Morgan fingerprint density at radius 2 is 1.80 bits per heavy atom. The molecule has 0 atom stereocenters. The fraction of sp³-hybridized carbons (Fsp3) is 0.231. The third-order valence-corrected chi connectivity index (χ3v) is 5.11. The van der Waals surface area contributed by atoms with Crippen molar-refractivity contribution in [2.75, 3.05) is 12.4 Å². The number of anilines is 1. The summed E-state index contributed by atoms with van der Waals surface area (Å²) in [4.78, 5) is 0. The van der Waals surface area contributed by atoms with Gasteiger partial charge in [-0.05, 0) is 67.3 Å². The Morgan fingerprint density at radius 1 is 1.00 bits per heavy atom.